The molecule has 2 atom stereocenters. The molecule has 0 aromatic heterocycles. The van der Waals surface area contributed by atoms with Gasteiger partial charge in [0, 0.05) is 0 Å². The molecule has 3 aromatic rings. The first-order valence-electron chi connectivity index (χ1n) is 12.9. The second-order valence-corrected chi connectivity index (χ2v) is 25.0. The van der Waals surface area contributed by atoms with E-state index in [0.29, 0.717) is 11.8 Å². The maximum absolute atomic E-state index is 14.2. The Bertz CT molecular complexity index is 1460. The van der Waals surface area contributed by atoms with Crippen molar-refractivity contribution < 1.29 is 54.0 Å². The molecule has 0 aliphatic heterocycles. The molecule has 39 heavy (non-hydrogen) atoms. The Labute approximate surface area is 251 Å². The Balaban J connectivity index is 0.00000210. The fourth-order valence-electron chi connectivity index (χ4n) is 6.04. The van der Waals surface area contributed by atoms with Crippen LogP contribution in [0.3, 0.4) is 0 Å². The topological polar surface area (TPSA) is 0 Å². The zero-order valence-corrected chi connectivity index (χ0v) is 27.8. The van der Waals surface area contributed by atoms with Crippen molar-refractivity contribution in [2.45, 2.75) is 34.2 Å². The van der Waals surface area contributed by atoms with E-state index in [4.69, 9.17) is 0 Å². The van der Waals surface area contributed by atoms with Crippen LogP contribution in [0.25, 0.3) is 11.1 Å². The van der Waals surface area contributed by atoms with Gasteiger partial charge in [0.05, 0.1) is 0 Å². The monoisotopic (exact) mass is 654 g/mol. The number of allylic oxidation sites excluding steroid dienone is 8. The predicted molar refractivity (Wildman–Crippen MR) is 150 cm³/mol. The first kappa shape index (κ1) is 31.7. The number of benzene rings is 3. The molecule has 5 rings (SSSR count). The van der Waals surface area contributed by atoms with Crippen LogP contribution in [0.4, 0.5) is 8.78 Å². The summed E-state index contributed by atoms with van der Waals surface area (Å²) in [5.74, 6) is 0.286. The predicted octanol–water partition coefficient (Wildman–Crippen LogP) is 2.43. The van der Waals surface area contributed by atoms with Crippen LogP contribution >= 0.6 is 0 Å². The van der Waals surface area contributed by atoms with E-state index < -0.39 is 25.8 Å². The molecule has 3 aromatic carbocycles. The van der Waals surface area contributed by atoms with Gasteiger partial charge in [-0.25, -0.2) is 0 Å². The summed E-state index contributed by atoms with van der Waals surface area (Å²) in [6.45, 7) is 11.7. The van der Waals surface area contributed by atoms with Gasteiger partial charge in [-0.3, -0.25) is 0 Å². The Morgan fingerprint density at radius 2 is 1.08 bits per heavy atom. The maximum atomic E-state index is 14.2. The summed E-state index contributed by atoms with van der Waals surface area (Å²) < 4.78 is 31.6. The van der Waals surface area contributed by atoms with E-state index in [1.807, 2.05) is 12.1 Å². The molecule has 0 spiro atoms. The standard InChI is InChI=1S/2C13H12F.C7H8Si.2ClH.Zr/c2*1-9-6-10(2)13(7-9)11-4-3-5-12(14)8-11;1-8-7-5-3-2-4-6-7;;;/h2*3-5,7-9H,1-2H3;2-6H,1H3;2*1H;/q;;;;;+2/p-2. The molecule has 0 saturated carbocycles. The molecule has 0 nitrogen and oxygen atoms in total. The van der Waals surface area contributed by atoms with Crippen LogP contribution in [-0.4, -0.2) is 5.43 Å². The zero-order valence-electron chi connectivity index (χ0n) is 22.8. The van der Waals surface area contributed by atoms with Gasteiger partial charge in [0.2, 0.25) is 0 Å². The van der Waals surface area contributed by atoms with E-state index >= 15 is 0 Å². The largest absolute Gasteiger partial charge is 1.00 e. The molecule has 2 aliphatic rings. The summed E-state index contributed by atoms with van der Waals surface area (Å²) in [4.78, 5) is 0. The van der Waals surface area contributed by atoms with Gasteiger partial charge in [0.15, 0.2) is 0 Å². The van der Waals surface area contributed by atoms with Crippen molar-refractivity contribution in [1.29, 1.82) is 0 Å². The molecule has 0 amide bonds. The molecule has 0 N–H and O–H groups in total. The summed E-state index contributed by atoms with van der Waals surface area (Å²) in [6, 6.07) is 25.1. The van der Waals surface area contributed by atoms with Crippen LogP contribution in [0.5, 0.6) is 0 Å². The second kappa shape index (κ2) is 13.2. The van der Waals surface area contributed by atoms with Crippen molar-refractivity contribution in [2.24, 2.45) is 11.8 Å². The van der Waals surface area contributed by atoms with Gasteiger partial charge in [-0.2, -0.15) is 0 Å². The molecule has 2 unspecified atom stereocenters. The quantitative estimate of drug-likeness (QED) is 0.371. The second-order valence-electron chi connectivity index (χ2n) is 10.2. The Kier molecular flexibility index (Phi) is 10.7. The molecule has 0 heterocycles. The number of hydrogen-bond donors (Lipinski definition) is 0. The molecular formula is C33H32Cl2F2SiZr. The van der Waals surface area contributed by atoms with E-state index in [0.717, 1.165) is 11.1 Å². The first-order chi connectivity index (χ1) is 17.8. The normalized spacial score (nSPS) is 18.1. The fraction of sp³-hybridized carbons (Fsp3) is 0.212. The average molecular weight is 657 g/mol. The van der Waals surface area contributed by atoms with Crippen molar-refractivity contribution in [3.05, 3.63) is 131 Å². The van der Waals surface area contributed by atoms with Crippen LogP contribution in [0.2, 0.25) is 6.55 Å². The SMILES string of the molecule is CC1=[C]([Zr+2]([C]2=C(C)C(c3cccc(F)c3)=CC2C)=[Si](C)c2ccccc2)C(C)C=C1c1cccc(F)c1.[Cl-].[Cl-]. The van der Waals surface area contributed by atoms with Crippen molar-refractivity contribution in [2.75, 3.05) is 0 Å². The molecule has 0 bridgehead atoms. The number of rotatable bonds is 5. The van der Waals surface area contributed by atoms with Crippen LogP contribution in [0, 0.1) is 23.5 Å². The fourth-order valence-corrected chi connectivity index (χ4v) is 27.9. The maximum Gasteiger partial charge on any atom is -1.00 e. The van der Waals surface area contributed by atoms with Gasteiger partial charge in [0.25, 0.3) is 0 Å². The van der Waals surface area contributed by atoms with E-state index in [-0.39, 0.29) is 36.4 Å². The minimum Gasteiger partial charge on any atom is -1.00 e. The van der Waals surface area contributed by atoms with Gasteiger partial charge < -0.3 is 24.8 Å². The summed E-state index contributed by atoms with van der Waals surface area (Å²) in [5, 5.41) is 1.49. The molecule has 200 valence electrons. The van der Waals surface area contributed by atoms with Gasteiger partial charge >= 0.3 is 228 Å². The van der Waals surface area contributed by atoms with Gasteiger partial charge in [0.1, 0.15) is 0 Å². The van der Waals surface area contributed by atoms with Crippen molar-refractivity contribution in [3.8, 4) is 0 Å². The third kappa shape index (κ3) is 6.25. The molecule has 0 saturated heterocycles. The van der Waals surface area contributed by atoms with Crippen LogP contribution in [-0.2, 0) is 20.4 Å². The van der Waals surface area contributed by atoms with Gasteiger partial charge in [-0.1, -0.05) is 0 Å². The average Bonchev–Trinajstić information content (AvgIpc) is 3.35. The number of hydrogen-bond acceptors (Lipinski definition) is 0. The molecule has 0 fully saturated rings. The third-order valence-electron chi connectivity index (χ3n) is 7.75. The summed E-state index contributed by atoms with van der Waals surface area (Å²) in [5.41, 5.74) is 6.14. The van der Waals surface area contributed by atoms with E-state index in [9.17, 15) is 8.78 Å². The van der Waals surface area contributed by atoms with Crippen molar-refractivity contribution in [3.63, 3.8) is 0 Å². The molecule has 2 aliphatic carbocycles. The summed E-state index contributed by atoms with van der Waals surface area (Å²) in [7, 11) is 0. The van der Waals surface area contributed by atoms with E-state index in [1.165, 1.54) is 39.6 Å². The summed E-state index contributed by atoms with van der Waals surface area (Å²) in [6.07, 6.45) is 4.72. The summed E-state index contributed by atoms with van der Waals surface area (Å²) >= 11 is -2.48. The smallest absolute Gasteiger partial charge is 1.00 e. The third-order valence-corrected chi connectivity index (χ3v) is 27.3. The van der Waals surface area contributed by atoms with Crippen molar-refractivity contribution >= 4 is 21.8 Å². The Morgan fingerprint density at radius 1 is 0.641 bits per heavy atom. The van der Waals surface area contributed by atoms with E-state index in [1.54, 1.807) is 30.8 Å². The van der Waals surface area contributed by atoms with Crippen LogP contribution in [0.15, 0.2) is 109 Å². The van der Waals surface area contributed by atoms with E-state index in [2.05, 4.69) is 76.7 Å². The zero-order chi connectivity index (χ0) is 26.3. The molecule has 0 radical (unpaired) electrons. The van der Waals surface area contributed by atoms with Gasteiger partial charge in [-0.15, -0.1) is 0 Å². The van der Waals surface area contributed by atoms with Gasteiger partial charge in [-0.05, 0) is 0 Å². The minimum absolute atomic E-state index is 0. The number of halogens is 4. The molecular weight excluding hydrogens is 625 g/mol. The Morgan fingerprint density at radius 3 is 1.49 bits per heavy atom. The molecule has 6 heteroatoms. The van der Waals surface area contributed by atoms with Crippen LogP contribution in [0.1, 0.15) is 38.8 Å². The Hall–Kier alpha value is -1.84. The first-order valence-corrected chi connectivity index (χ1v) is 21.1. The van der Waals surface area contributed by atoms with Crippen molar-refractivity contribution in [1.82, 2.24) is 0 Å². The van der Waals surface area contributed by atoms with Crippen LogP contribution < -0.4 is 30.0 Å². The minimum atomic E-state index is -2.48.